The van der Waals surface area contributed by atoms with Crippen molar-refractivity contribution >= 4 is 29.2 Å². The number of benzene rings is 2. The van der Waals surface area contributed by atoms with Crippen molar-refractivity contribution in [3.05, 3.63) is 82.2 Å². The highest BCUT2D eigenvalue weighted by molar-refractivity contribution is 6.09. The highest BCUT2D eigenvalue weighted by Crippen LogP contribution is 2.29. The summed E-state index contributed by atoms with van der Waals surface area (Å²) in [5, 5.41) is 2.82. The predicted octanol–water partition coefficient (Wildman–Crippen LogP) is 4.65. The number of hydrogen-bond donors (Lipinski definition) is 2. The number of rotatable bonds is 5. The minimum absolute atomic E-state index is 0.0676. The molecule has 2 amide bonds. The van der Waals surface area contributed by atoms with Crippen molar-refractivity contribution in [2.75, 3.05) is 16.8 Å². The van der Waals surface area contributed by atoms with Crippen molar-refractivity contribution in [3.8, 4) is 0 Å². The Labute approximate surface area is 192 Å². The van der Waals surface area contributed by atoms with Crippen LogP contribution in [0.15, 0.2) is 48.5 Å². The van der Waals surface area contributed by atoms with Gasteiger partial charge in [-0.05, 0) is 75.6 Å². The predicted molar refractivity (Wildman–Crippen MR) is 127 cm³/mol. The third-order valence-electron chi connectivity index (χ3n) is 5.73. The van der Waals surface area contributed by atoms with Crippen molar-refractivity contribution < 1.29 is 19.1 Å². The number of anilines is 2. The summed E-state index contributed by atoms with van der Waals surface area (Å²) in [6.07, 6.45) is 0.594. The van der Waals surface area contributed by atoms with Crippen molar-refractivity contribution in [1.82, 2.24) is 4.98 Å². The van der Waals surface area contributed by atoms with Gasteiger partial charge in [-0.15, -0.1) is 0 Å². The molecule has 170 valence electrons. The van der Waals surface area contributed by atoms with Crippen LogP contribution in [0.3, 0.4) is 0 Å². The summed E-state index contributed by atoms with van der Waals surface area (Å²) < 4.78 is 5.28. The molecule has 1 aromatic heterocycles. The molecule has 2 aromatic carbocycles. The van der Waals surface area contributed by atoms with Gasteiger partial charge in [-0.2, -0.15) is 0 Å². The lowest BCUT2D eigenvalue weighted by atomic mass is 10.1. The Morgan fingerprint density at radius 2 is 1.73 bits per heavy atom. The third-order valence-corrected chi connectivity index (χ3v) is 5.73. The molecule has 7 heteroatoms. The summed E-state index contributed by atoms with van der Waals surface area (Å²) in [4.78, 5) is 43.0. The number of fused-ring (bicyclic) bond motifs is 1. The van der Waals surface area contributed by atoms with E-state index in [1.54, 1.807) is 56.9 Å². The third kappa shape index (κ3) is 4.39. The first-order valence-electron chi connectivity index (χ1n) is 11.0. The first-order valence-corrected chi connectivity index (χ1v) is 11.0. The fourth-order valence-corrected chi connectivity index (χ4v) is 4.15. The molecule has 0 spiro atoms. The lowest BCUT2D eigenvalue weighted by molar-refractivity contribution is 0.0376. The molecule has 0 saturated heterocycles. The van der Waals surface area contributed by atoms with Gasteiger partial charge >= 0.3 is 5.97 Å². The van der Waals surface area contributed by atoms with Crippen molar-refractivity contribution in [3.63, 3.8) is 0 Å². The van der Waals surface area contributed by atoms with Gasteiger partial charge in [0.05, 0.1) is 11.7 Å². The van der Waals surface area contributed by atoms with Gasteiger partial charge in [0, 0.05) is 29.2 Å². The van der Waals surface area contributed by atoms with Gasteiger partial charge in [-0.1, -0.05) is 18.2 Å². The zero-order valence-corrected chi connectivity index (χ0v) is 19.2. The fraction of sp³-hybridized carbons (Fsp3) is 0.269. The second-order valence-corrected chi connectivity index (χ2v) is 8.45. The number of carbonyl (C=O) groups excluding carboxylic acids is 3. The van der Waals surface area contributed by atoms with Gasteiger partial charge in [0.1, 0.15) is 5.69 Å². The normalized spacial score (nSPS) is 12.6. The molecule has 7 nitrogen and oxygen atoms in total. The molecule has 0 radical (unpaired) electrons. The van der Waals surface area contributed by atoms with Crippen molar-refractivity contribution in [1.29, 1.82) is 0 Å². The molecule has 0 atom stereocenters. The van der Waals surface area contributed by atoms with Crippen LogP contribution in [-0.4, -0.2) is 35.4 Å². The summed E-state index contributed by atoms with van der Waals surface area (Å²) in [7, 11) is 0. The minimum Gasteiger partial charge on any atom is -0.459 e. The number of H-pyrrole nitrogens is 1. The lowest BCUT2D eigenvalue weighted by Gasteiger charge is -2.17. The van der Waals surface area contributed by atoms with Crippen molar-refractivity contribution in [2.45, 2.75) is 40.2 Å². The van der Waals surface area contributed by atoms with Gasteiger partial charge in [0.2, 0.25) is 0 Å². The van der Waals surface area contributed by atoms with Gasteiger partial charge in [0.25, 0.3) is 11.8 Å². The number of carbonyl (C=O) groups is 3. The number of esters is 1. The number of nitrogens with one attached hydrogen (secondary N) is 2. The first kappa shape index (κ1) is 22.3. The van der Waals surface area contributed by atoms with E-state index in [4.69, 9.17) is 4.74 Å². The second kappa shape index (κ2) is 8.94. The Bertz CT molecular complexity index is 1220. The van der Waals surface area contributed by atoms with Crippen LogP contribution in [0.4, 0.5) is 11.4 Å². The molecule has 0 fully saturated rings. The van der Waals surface area contributed by atoms with E-state index in [0.29, 0.717) is 40.3 Å². The smallest absolute Gasteiger partial charge is 0.340 e. The number of aromatic nitrogens is 1. The Morgan fingerprint density at radius 3 is 2.42 bits per heavy atom. The van der Waals surface area contributed by atoms with Crippen LogP contribution in [0.5, 0.6) is 0 Å². The second-order valence-electron chi connectivity index (χ2n) is 8.45. The molecular weight excluding hydrogens is 418 g/mol. The number of nitrogens with zero attached hydrogens (tertiary/aromatic N) is 1. The summed E-state index contributed by atoms with van der Waals surface area (Å²) >= 11 is 0. The van der Waals surface area contributed by atoms with E-state index in [-0.39, 0.29) is 17.9 Å². The molecule has 1 aliphatic rings. The Morgan fingerprint density at radius 1 is 1.03 bits per heavy atom. The van der Waals surface area contributed by atoms with Crippen molar-refractivity contribution in [2.24, 2.45) is 0 Å². The molecule has 2 heterocycles. The average Bonchev–Trinajstić information content (AvgIpc) is 3.34. The monoisotopic (exact) mass is 445 g/mol. The lowest BCUT2D eigenvalue weighted by Crippen LogP contribution is -2.28. The van der Waals surface area contributed by atoms with E-state index >= 15 is 0 Å². The maximum Gasteiger partial charge on any atom is 0.340 e. The van der Waals surface area contributed by atoms with Crippen LogP contribution in [-0.2, 0) is 11.2 Å². The van der Waals surface area contributed by atoms with Gasteiger partial charge in [0.15, 0.2) is 0 Å². The fourth-order valence-electron chi connectivity index (χ4n) is 4.15. The molecule has 4 rings (SSSR count). The number of amides is 2. The Kier molecular flexibility index (Phi) is 6.05. The summed E-state index contributed by atoms with van der Waals surface area (Å²) in [6.45, 7) is 7.66. The summed E-state index contributed by atoms with van der Waals surface area (Å²) in [6, 6.07) is 14.7. The van der Waals surface area contributed by atoms with E-state index in [9.17, 15) is 14.4 Å². The largest absolute Gasteiger partial charge is 0.459 e. The van der Waals surface area contributed by atoms with E-state index < -0.39 is 5.97 Å². The molecule has 0 unspecified atom stereocenters. The highest BCUT2D eigenvalue weighted by Gasteiger charge is 2.26. The standard InChI is InChI=1S/C26H27N3O4/c1-15(2)33-26(32)22-16(3)23(27-17(22)4)24(30)28-20-11-9-19(10-12-20)25(31)29-14-13-18-7-5-6-8-21(18)29/h5-12,15,27H,13-14H2,1-4H3,(H,28,30). The van der Waals surface area contributed by atoms with E-state index in [2.05, 4.69) is 10.3 Å². The zero-order chi connectivity index (χ0) is 23.7. The maximum absolute atomic E-state index is 13.0. The summed E-state index contributed by atoms with van der Waals surface area (Å²) in [5.74, 6) is -0.893. The Hall–Kier alpha value is -3.87. The molecule has 2 N–H and O–H groups in total. The molecule has 0 aliphatic carbocycles. The van der Waals surface area contributed by atoms with E-state index in [1.165, 1.54) is 5.56 Å². The Balaban J connectivity index is 1.47. The number of aromatic amines is 1. The molecule has 1 aliphatic heterocycles. The zero-order valence-electron chi connectivity index (χ0n) is 19.2. The van der Waals surface area contributed by atoms with Crippen LogP contribution in [0.2, 0.25) is 0 Å². The van der Waals surface area contributed by atoms with E-state index in [0.717, 1.165) is 12.1 Å². The van der Waals surface area contributed by atoms with Crippen LogP contribution in [0, 0.1) is 13.8 Å². The van der Waals surface area contributed by atoms with Gasteiger partial charge in [-0.25, -0.2) is 4.79 Å². The highest BCUT2D eigenvalue weighted by atomic mass is 16.5. The number of ether oxygens (including phenoxy) is 1. The molecule has 0 bridgehead atoms. The molecule has 0 saturated carbocycles. The topological polar surface area (TPSA) is 91.5 Å². The average molecular weight is 446 g/mol. The van der Waals surface area contributed by atoms with Crippen LogP contribution < -0.4 is 10.2 Å². The molecule has 33 heavy (non-hydrogen) atoms. The number of hydrogen-bond acceptors (Lipinski definition) is 4. The quantitative estimate of drug-likeness (QED) is 0.559. The van der Waals surface area contributed by atoms with Crippen LogP contribution >= 0.6 is 0 Å². The molecular formula is C26H27N3O4. The van der Waals surface area contributed by atoms with Crippen LogP contribution in [0.25, 0.3) is 0 Å². The van der Waals surface area contributed by atoms with Gasteiger partial charge < -0.3 is 19.9 Å². The van der Waals surface area contributed by atoms with Crippen LogP contribution in [0.1, 0.15) is 61.9 Å². The number of para-hydroxylation sites is 1. The summed E-state index contributed by atoms with van der Waals surface area (Å²) in [5.41, 5.74) is 5.02. The minimum atomic E-state index is -0.457. The molecule has 3 aromatic rings. The maximum atomic E-state index is 13.0. The first-order chi connectivity index (χ1) is 15.8. The SMILES string of the molecule is Cc1[nH]c(C(=O)Nc2ccc(C(=O)N3CCc4ccccc43)cc2)c(C)c1C(=O)OC(C)C. The van der Waals surface area contributed by atoms with Gasteiger partial charge in [-0.3, -0.25) is 9.59 Å². The number of aryl methyl sites for hydroxylation is 1. The van der Waals surface area contributed by atoms with E-state index in [1.807, 2.05) is 24.3 Å².